The molecular weight excluding hydrogens is 264 g/mol. The lowest BCUT2D eigenvalue weighted by molar-refractivity contribution is 0.0144. The highest BCUT2D eigenvalue weighted by atomic mass is 16.5. The second kappa shape index (κ2) is 6.00. The Morgan fingerprint density at radius 2 is 2.05 bits per heavy atom. The predicted molar refractivity (Wildman–Crippen MR) is 83.7 cm³/mol. The molecule has 1 fully saturated rings. The van der Waals surface area contributed by atoms with Crippen LogP contribution in [-0.2, 0) is 4.74 Å². The largest absolute Gasteiger partial charge is 0.379 e. The van der Waals surface area contributed by atoms with Crippen molar-refractivity contribution in [2.24, 2.45) is 0 Å². The number of fused-ring (bicyclic) bond motifs is 1. The van der Waals surface area contributed by atoms with Gasteiger partial charge in [-0.2, -0.15) is 0 Å². The molecule has 1 aromatic heterocycles. The van der Waals surface area contributed by atoms with Gasteiger partial charge in [0.05, 0.1) is 19.3 Å². The molecule has 21 heavy (non-hydrogen) atoms. The summed E-state index contributed by atoms with van der Waals surface area (Å²) < 4.78 is 5.45. The van der Waals surface area contributed by atoms with E-state index in [-0.39, 0.29) is 11.8 Å². The van der Waals surface area contributed by atoms with Crippen LogP contribution in [0, 0.1) is 0 Å². The van der Waals surface area contributed by atoms with Crippen LogP contribution in [0.5, 0.6) is 0 Å². The van der Waals surface area contributed by atoms with Crippen molar-refractivity contribution >= 4 is 16.7 Å². The SMILES string of the molecule is CCC(c1[nH]c2ccccc2c1C(C)=O)N1CCOCC1. The first-order valence-corrected chi connectivity index (χ1v) is 7.65. The van der Waals surface area contributed by atoms with E-state index in [0.29, 0.717) is 0 Å². The summed E-state index contributed by atoms with van der Waals surface area (Å²) in [4.78, 5) is 18.1. The van der Waals surface area contributed by atoms with Crippen molar-refractivity contribution < 1.29 is 9.53 Å². The Labute approximate surface area is 125 Å². The van der Waals surface area contributed by atoms with E-state index in [1.807, 2.05) is 24.3 Å². The summed E-state index contributed by atoms with van der Waals surface area (Å²) in [6.45, 7) is 7.22. The molecule has 0 radical (unpaired) electrons. The molecule has 0 spiro atoms. The number of morpholine rings is 1. The van der Waals surface area contributed by atoms with Gasteiger partial charge < -0.3 is 9.72 Å². The van der Waals surface area contributed by atoms with Gasteiger partial charge in [-0.15, -0.1) is 0 Å². The van der Waals surface area contributed by atoms with Gasteiger partial charge in [-0.25, -0.2) is 0 Å². The van der Waals surface area contributed by atoms with Crippen LogP contribution < -0.4 is 0 Å². The van der Waals surface area contributed by atoms with Crippen LogP contribution in [0.4, 0.5) is 0 Å². The van der Waals surface area contributed by atoms with Crippen molar-refractivity contribution in [1.29, 1.82) is 0 Å². The van der Waals surface area contributed by atoms with Crippen molar-refractivity contribution in [3.8, 4) is 0 Å². The molecule has 0 amide bonds. The summed E-state index contributed by atoms with van der Waals surface area (Å²) in [5, 5.41) is 1.03. The number of hydrogen-bond acceptors (Lipinski definition) is 3. The minimum absolute atomic E-state index is 0.133. The summed E-state index contributed by atoms with van der Waals surface area (Å²) in [6.07, 6.45) is 0.979. The molecule has 1 saturated heterocycles. The summed E-state index contributed by atoms with van der Waals surface area (Å²) in [7, 11) is 0. The number of aromatic nitrogens is 1. The third-order valence-electron chi connectivity index (χ3n) is 4.29. The third-order valence-corrected chi connectivity index (χ3v) is 4.29. The maximum atomic E-state index is 12.2. The number of para-hydroxylation sites is 1. The van der Waals surface area contributed by atoms with Crippen LogP contribution in [0.1, 0.15) is 42.4 Å². The molecule has 2 heterocycles. The first-order valence-electron chi connectivity index (χ1n) is 7.65. The Hall–Kier alpha value is -1.65. The Bertz CT molecular complexity index is 641. The number of rotatable bonds is 4. The molecule has 0 aliphatic carbocycles. The van der Waals surface area contributed by atoms with E-state index in [4.69, 9.17) is 4.74 Å². The second-order valence-electron chi connectivity index (χ2n) is 5.59. The number of ether oxygens (including phenoxy) is 1. The standard InChI is InChI=1S/C17H22N2O2/c1-3-15(19-8-10-21-11-9-19)17-16(12(2)20)13-6-4-5-7-14(13)18-17/h4-7,15,18H,3,8-11H2,1-2H3. The highest BCUT2D eigenvalue weighted by Crippen LogP contribution is 2.32. The molecule has 2 aromatic rings. The molecule has 0 saturated carbocycles. The quantitative estimate of drug-likeness (QED) is 0.878. The summed E-state index contributed by atoms with van der Waals surface area (Å²) in [5.74, 6) is 0.133. The van der Waals surface area contributed by atoms with Gasteiger partial charge in [0.25, 0.3) is 0 Å². The van der Waals surface area contributed by atoms with E-state index in [1.165, 1.54) is 0 Å². The number of aromatic amines is 1. The van der Waals surface area contributed by atoms with Gasteiger partial charge in [0.15, 0.2) is 5.78 Å². The lowest BCUT2D eigenvalue weighted by Gasteiger charge is -2.34. The molecule has 112 valence electrons. The van der Waals surface area contributed by atoms with Gasteiger partial charge >= 0.3 is 0 Å². The Morgan fingerprint density at radius 1 is 1.33 bits per heavy atom. The average Bonchev–Trinajstić information content (AvgIpc) is 2.88. The fourth-order valence-electron chi connectivity index (χ4n) is 3.33. The highest BCUT2D eigenvalue weighted by molar-refractivity contribution is 6.08. The topological polar surface area (TPSA) is 45.3 Å². The normalized spacial score (nSPS) is 18.0. The summed E-state index contributed by atoms with van der Waals surface area (Å²) >= 11 is 0. The van der Waals surface area contributed by atoms with Crippen LogP contribution >= 0.6 is 0 Å². The summed E-state index contributed by atoms with van der Waals surface area (Å²) in [6, 6.07) is 8.31. The Balaban J connectivity index is 2.08. The van der Waals surface area contributed by atoms with Crippen molar-refractivity contribution in [2.45, 2.75) is 26.3 Å². The monoisotopic (exact) mass is 286 g/mol. The lowest BCUT2D eigenvalue weighted by atomic mass is 10.00. The molecule has 1 N–H and O–H groups in total. The van der Waals surface area contributed by atoms with Crippen LogP contribution in [0.25, 0.3) is 10.9 Å². The number of H-pyrrole nitrogens is 1. The third kappa shape index (κ3) is 2.61. The minimum Gasteiger partial charge on any atom is -0.379 e. The van der Waals surface area contributed by atoms with Crippen molar-refractivity contribution in [2.75, 3.05) is 26.3 Å². The number of Topliss-reactive ketones (excluding diaryl/α,β-unsaturated/α-hetero) is 1. The molecule has 4 heteroatoms. The zero-order valence-corrected chi connectivity index (χ0v) is 12.7. The number of nitrogens with one attached hydrogen (secondary N) is 1. The maximum Gasteiger partial charge on any atom is 0.162 e. The average molecular weight is 286 g/mol. The molecule has 1 unspecified atom stereocenters. The van der Waals surface area contributed by atoms with E-state index in [0.717, 1.165) is 54.9 Å². The smallest absolute Gasteiger partial charge is 0.162 e. The van der Waals surface area contributed by atoms with Gasteiger partial charge in [0.2, 0.25) is 0 Å². The molecule has 0 bridgehead atoms. The number of nitrogens with zero attached hydrogens (tertiary/aromatic N) is 1. The zero-order chi connectivity index (χ0) is 14.8. The Kier molecular flexibility index (Phi) is 4.08. The molecule has 1 aromatic carbocycles. The molecule has 3 rings (SSSR count). The fourth-order valence-corrected chi connectivity index (χ4v) is 3.33. The van der Waals surface area contributed by atoms with Crippen LogP contribution in [-0.4, -0.2) is 42.0 Å². The van der Waals surface area contributed by atoms with Gasteiger partial charge in [0, 0.05) is 35.2 Å². The molecule has 1 aliphatic heterocycles. The van der Waals surface area contributed by atoms with Gasteiger partial charge in [-0.05, 0) is 19.4 Å². The Morgan fingerprint density at radius 3 is 2.71 bits per heavy atom. The van der Waals surface area contributed by atoms with Gasteiger partial charge in [-0.1, -0.05) is 25.1 Å². The molecule has 1 aliphatic rings. The number of carbonyl (C=O) groups is 1. The number of ketones is 1. The van der Waals surface area contributed by atoms with Gasteiger partial charge in [-0.3, -0.25) is 9.69 Å². The van der Waals surface area contributed by atoms with Crippen molar-refractivity contribution in [3.63, 3.8) is 0 Å². The van der Waals surface area contributed by atoms with E-state index >= 15 is 0 Å². The van der Waals surface area contributed by atoms with Crippen LogP contribution in [0.15, 0.2) is 24.3 Å². The zero-order valence-electron chi connectivity index (χ0n) is 12.7. The first-order chi connectivity index (χ1) is 10.2. The maximum absolute atomic E-state index is 12.2. The number of hydrogen-bond donors (Lipinski definition) is 1. The lowest BCUT2D eigenvalue weighted by Crippen LogP contribution is -2.39. The van der Waals surface area contributed by atoms with E-state index in [1.54, 1.807) is 6.92 Å². The van der Waals surface area contributed by atoms with Crippen LogP contribution in [0.2, 0.25) is 0 Å². The van der Waals surface area contributed by atoms with Gasteiger partial charge in [0.1, 0.15) is 0 Å². The first kappa shape index (κ1) is 14.3. The molecule has 4 nitrogen and oxygen atoms in total. The summed E-state index contributed by atoms with van der Waals surface area (Å²) in [5.41, 5.74) is 2.96. The number of carbonyl (C=O) groups excluding carboxylic acids is 1. The minimum atomic E-state index is 0.133. The second-order valence-corrected chi connectivity index (χ2v) is 5.59. The van der Waals surface area contributed by atoms with E-state index < -0.39 is 0 Å². The molecular formula is C17H22N2O2. The van der Waals surface area contributed by atoms with E-state index in [2.05, 4.69) is 16.8 Å². The molecule has 1 atom stereocenters. The van der Waals surface area contributed by atoms with E-state index in [9.17, 15) is 4.79 Å². The van der Waals surface area contributed by atoms with Crippen molar-refractivity contribution in [3.05, 3.63) is 35.5 Å². The number of benzene rings is 1. The highest BCUT2D eigenvalue weighted by Gasteiger charge is 2.27. The predicted octanol–water partition coefficient (Wildman–Crippen LogP) is 3.15. The fraction of sp³-hybridized carbons (Fsp3) is 0.471. The van der Waals surface area contributed by atoms with Crippen molar-refractivity contribution in [1.82, 2.24) is 9.88 Å². The van der Waals surface area contributed by atoms with Crippen LogP contribution in [0.3, 0.4) is 0 Å².